The Morgan fingerprint density at radius 3 is 2.52 bits per heavy atom. The topological polar surface area (TPSA) is 42.0 Å². The van der Waals surface area contributed by atoms with Crippen LogP contribution in [0.4, 0.5) is 14.6 Å². The van der Waals surface area contributed by atoms with Gasteiger partial charge in [-0.3, -0.25) is 4.79 Å². The van der Waals surface area contributed by atoms with Gasteiger partial charge >= 0.3 is 0 Å². The minimum atomic E-state index is -1.08. The van der Waals surface area contributed by atoms with Gasteiger partial charge in [-0.05, 0) is 35.9 Å². The van der Waals surface area contributed by atoms with Gasteiger partial charge in [0.05, 0.1) is 5.01 Å². The first-order valence-electron chi connectivity index (χ1n) is 7.07. The van der Waals surface area contributed by atoms with Crippen LogP contribution in [0.15, 0.2) is 41.8 Å². The van der Waals surface area contributed by atoms with Gasteiger partial charge in [-0.1, -0.05) is 29.3 Å². The highest BCUT2D eigenvalue weighted by Gasteiger charge is 2.13. The SMILES string of the molecule is O=C(Nc1csc(Cc2c(Cl)cccc2Cl)n1)c1ccc(F)c(F)c1. The summed E-state index contributed by atoms with van der Waals surface area (Å²) in [5.74, 6) is -2.35. The first kappa shape index (κ1) is 17.8. The van der Waals surface area contributed by atoms with Gasteiger partial charge in [0.1, 0.15) is 5.82 Å². The van der Waals surface area contributed by atoms with Gasteiger partial charge in [-0.15, -0.1) is 11.3 Å². The van der Waals surface area contributed by atoms with E-state index in [0.717, 1.165) is 17.7 Å². The van der Waals surface area contributed by atoms with Gasteiger partial charge in [-0.2, -0.15) is 0 Å². The summed E-state index contributed by atoms with van der Waals surface area (Å²) in [5.41, 5.74) is 0.751. The number of rotatable bonds is 4. The molecule has 0 atom stereocenters. The smallest absolute Gasteiger partial charge is 0.256 e. The number of anilines is 1. The molecule has 0 spiro atoms. The maximum Gasteiger partial charge on any atom is 0.256 e. The van der Waals surface area contributed by atoms with Crippen LogP contribution in [-0.4, -0.2) is 10.9 Å². The van der Waals surface area contributed by atoms with Gasteiger partial charge in [0.2, 0.25) is 0 Å². The van der Waals surface area contributed by atoms with Crippen molar-refractivity contribution in [3.05, 3.63) is 79.6 Å². The van der Waals surface area contributed by atoms with Crippen LogP contribution in [0.1, 0.15) is 20.9 Å². The van der Waals surface area contributed by atoms with E-state index in [1.807, 2.05) is 0 Å². The lowest BCUT2D eigenvalue weighted by atomic mass is 10.1. The molecule has 3 rings (SSSR count). The Balaban J connectivity index is 1.73. The maximum atomic E-state index is 13.2. The monoisotopic (exact) mass is 398 g/mol. The van der Waals surface area contributed by atoms with Crippen molar-refractivity contribution in [1.82, 2.24) is 4.98 Å². The lowest BCUT2D eigenvalue weighted by Gasteiger charge is -2.04. The Morgan fingerprint density at radius 2 is 1.84 bits per heavy atom. The summed E-state index contributed by atoms with van der Waals surface area (Å²) in [4.78, 5) is 16.4. The fourth-order valence-corrected chi connectivity index (χ4v) is 3.40. The van der Waals surface area contributed by atoms with Crippen LogP contribution in [0.2, 0.25) is 10.0 Å². The van der Waals surface area contributed by atoms with Crippen LogP contribution in [0.3, 0.4) is 0 Å². The Hall–Kier alpha value is -2.02. The molecule has 0 aliphatic carbocycles. The fourth-order valence-electron chi connectivity index (χ4n) is 2.13. The molecule has 25 heavy (non-hydrogen) atoms. The van der Waals surface area contributed by atoms with E-state index in [-0.39, 0.29) is 5.56 Å². The van der Waals surface area contributed by atoms with Crippen LogP contribution in [0.5, 0.6) is 0 Å². The molecule has 3 aromatic rings. The third kappa shape index (κ3) is 4.15. The molecule has 0 fully saturated rings. The summed E-state index contributed by atoms with van der Waals surface area (Å²) in [5, 5.41) is 5.97. The second-order valence-electron chi connectivity index (χ2n) is 5.09. The molecule has 0 unspecified atom stereocenters. The number of benzene rings is 2. The molecule has 1 aromatic heterocycles. The summed E-state index contributed by atoms with van der Waals surface area (Å²) >= 11 is 13.6. The minimum Gasteiger partial charge on any atom is -0.306 e. The quantitative estimate of drug-likeness (QED) is 0.623. The zero-order valence-corrected chi connectivity index (χ0v) is 14.9. The second kappa shape index (κ2) is 7.47. The summed E-state index contributed by atoms with van der Waals surface area (Å²) in [7, 11) is 0. The van der Waals surface area contributed by atoms with Crippen molar-refractivity contribution in [3.63, 3.8) is 0 Å². The highest BCUT2D eigenvalue weighted by molar-refractivity contribution is 7.10. The maximum absolute atomic E-state index is 13.2. The molecule has 0 saturated heterocycles. The number of hydrogen-bond acceptors (Lipinski definition) is 3. The van der Waals surface area contributed by atoms with E-state index in [0.29, 0.717) is 27.3 Å². The van der Waals surface area contributed by atoms with Gasteiger partial charge < -0.3 is 5.32 Å². The molecule has 3 nitrogen and oxygen atoms in total. The highest BCUT2D eigenvalue weighted by atomic mass is 35.5. The molecule has 0 radical (unpaired) electrons. The van der Waals surface area contributed by atoms with Crippen LogP contribution in [0.25, 0.3) is 0 Å². The molecule has 0 saturated carbocycles. The van der Waals surface area contributed by atoms with E-state index in [1.54, 1.807) is 23.6 Å². The minimum absolute atomic E-state index is 0.00241. The van der Waals surface area contributed by atoms with Crippen LogP contribution < -0.4 is 5.32 Å². The zero-order chi connectivity index (χ0) is 18.0. The normalized spacial score (nSPS) is 10.7. The van der Waals surface area contributed by atoms with E-state index in [1.165, 1.54) is 17.4 Å². The number of nitrogens with zero attached hydrogens (tertiary/aromatic N) is 1. The lowest BCUT2D eigenvalue weighted by Crippen LogP contribution is -2.12. The van der Waals surface area contributed by atoms with Crippen molar-refractivity contribution in [1.29, 1.82) is 0 Å². The highest BCUT2D eigenvalue weighted by Crippen LogP contribution is 2.28. The summed E-state index contributed by atoms with van der Waals surface area (Å²) in [6.07, 6.45) is 0.421. The van der Waals surface area contributed by atoms with Gasteiger partial charge in [0, 0.05) is 27.4 Å². The van der Waals surface area contributed by atoms with Gasteiger partial charge in [0.15, 0.2) is 11.6 Å². The number of hydrogen-bond donors (Lipinski definition) is 1. The number of aromatic nitrogens is 1. The first-order chi connectivity index (χ1) is 11.9. The number of nitrogens with one attached hydrogen (secondary N) is 1. The predicted molar refractivity (Wildman–Crippen MR) is 95.7 cm³/mol. The van der Waals surface area contributed by atoms with E-state index in [9.17, 15) is 13.6 Å². The molecular weight excluding hydrogens is 389 g/mol. The van der Waals surface area contributed by atoms with Gasteiger partial charge in [-0.25, -0.2) is 13.8 Å². The largest absolute Gasteiger partial charge is 0.306 e. The van der Waals surface area contributed by atoms with E-state index in [2.05, 4.69) is 10.3 Å². The Morgan fingerprint density at radius 1 is 1.12 bits per heavy atom. The predicted octanol–water partition coefficient (Wildman–Crippen LogP) is 5.57. The zero-order valence-electron chi connectivity index (χ0n) is 12.5. The van der Waals surface area contributed by atoms with Crippen molar-refractivity contribution in [2.75, 3.05) is 5.32 Å². The number of thiazole rings is 1. The lowest BCUT2D eigenvalue weighted by molar-refractivity contribution is 0.102. The number of halogens is 4. The summed E-state index contributed by atoms with van der Waals surface area (Å²) in [6, 6.07) is 8.16. The number of amides is 1. The Kier molecular flexibility index (Phi) is 5.32. The third-order valence-corrected chi connectivity index (χ3v) is 4.92. The van der Waals surface area contributed by atoms with Crippen molar-refractivity contribution < 1.29 is 13.6 Å². The van der Waals surface area contributed by atoms with Crippen LogP contribution >= 0.6 is 34.5 Å². The molecule has 0 aliphatic heterocycles. The third-order valence-electron chi connectivity index (χ3n) is 3.36. The van der Waals surface area contributed by atoms with E-state index >= 15 is 0 Å². The fraction of sp³-hybridized carbons (Fsp3) is 0.0588. The van der Waals surface area contributed by atoms with E-state index in [4.69, 9.17) is 23.2 Å². The van der Waals surface area contributed by atoms with Crippen molar-refractivity contribution >= 4 is 46.3 Å². The van der Waals surface area contributed by atoms with Crippen LogP contribution in [0, 0.1) is 11.6 Å². The average Bonchev–Trinajstić information content (AvgIpc) is 3.01. The Labute approximate surface area is 156 Å². The van der Waals surface area contributed by atoms with Crippen molar-refractivity contribution in [3.8, 4) is 0 Å². The number of carbonyl (C=O) groups is 1. The summed E-state index contributed by atoms with van der Waals surface area (Å²) < 4.78 is 26.1. The molecule has 0 aliphatic rings. The average molecular weight is 399 g/mol. The molecule has 8 heteroatoms. The second-order valence-corrected chi connectivity index (χ2v) is 6.84. The number of carbonyl (C=O) groups excluding carboxylic acids is 1. The van der Waals surface area contributed by atoms with E-state index < -0.39 is 17.5 Å². The van der Waals surface area contributed by atoms with Gasteiger partial charge in [0.25, 0.3) is 5.91 Å². The molecular formula is C17H10Cl2F2N2OS. The Bertz CT molecular complexity index is 926. The van der Waals surface area contributed by atoms with Crippen LogP contribution in [-0.2, 0) is 6.42 Å². The van der Waals surface area contributed by atoms with Crippen molar-refractivity contribution in [2.24, 2.45) is 0 Å². The van der Waals surface area contributed by atoms with Crippen molar-refractivity contribution in [2.45, 2.75) is 6.42 Å². The molecule has 1 amide bonds. The molecule has 2 aromatic carbocycles. The summed E-state index contributed by atoms with van der Waals surface area (Å²) in [6.45, 7) is 0. The molecule has 1 heterocycles. The standard InChI is InChI=1S/C17H10Cl2F2N2OS/c18-11-2-1-3-12(19)10(11)7-16-22-15(8-25-16)23-17(24)9-4-5-13(20)14(21)6-9/h1-6,8H,7H2,(H,23,24). The molecule has 128 valence electrons. The first-order valence-corrected chi connectivity index (χ1v) is 8.71. The molecule has 1 N–H and O–H groups in total. The molecule has 0 bridgehead atoms.